The van der Waals surface area contributed by atoms with Gasteiger partial charge in [-0.15, -0.1) is 0 Å². The number of primary amides is 1. The van der Waals surface area contributed by atoms with E-state index in [-0.39, 0.29) is 5.56 Å². The molecule has 2 rings (SSSR count). The lowest BCUT2D eigenvalue weighted by Gasteiger charge is -2.06. The number of nitrogens with two attached hydrogens (primary N) is 1. The van der Waals surface area contributed by atoms with Gasteiger partial charge in [0.1, 0.15) is 0 Å². The number of amides is 1. The molecule has 0 aliphatic carbocycles. The highest BCUT2D eigenvalue weighted by atomic mass is 35.5. The fraction of sp³-hybridized carbons (Fsp3) is 0.182. The van der Waals surface area contributed by atoms with E-state index in [2.05, 4.69) is 15.5 Å². The minimum atomic E-state index is -0.572. The Morgan fingerprint density at radius 2 is 2.33 bits per heavy atom. The molecule has 0 radical (unpaired) electrons. The first-order valence-corrected chi connectivity index (χ1v) is 5.56. The second-order valence-electron chi connectivity index (χ2n) is 3.65. The maximum absolute atomic E-state index is 11.1. The molecule has 0 spiro atoms. The molecule has 0 aliphatic heterocycles. The van der Waals surface area contributed by atoms with Gasteiger partial charge in [0.15, 0.2) is 5.82 Å². The molecular weight excluding hydrogens is 256 g/mol. The van der Waals surface area contributed by atoms with Crippen molar-refractivity contribution >= 4 is 23.2 Å². The zero-order chi connectivity index (χ0) is 13.1. The summed E-state index contributed by atoms with van der Waals surface area (Å²) < 4.78 is 4.95. The molecule has 1 aromatic carbocycles. The van der Waals surface area contributed by atoms with Crippen LogP contribution in [0.5, 0.6) is 0 Å². The number of hydrogen-bond donors (Lipinski definition) is 2. The Hall–Kier alpha value is -2.08. The van der Waals surface area contributed by atoms with E-state index < -0.39 is 5.91 Å². The molecule has 0 bridgehead atoms. The number of carbonyl (C=O) groups excluding carboxylic acids is 1. The Balaban J connectivity index is 2.10. The number of nitrogens with zero attached hydrogens (tertiary/aromatic N) is 2. The Labute approximate surface area is 108 Å². The molecule has 3 N–H and O–H groups in total. The summed E-state index contributed by atoms with van der Waals surface area (Å²) in [4.78, 5) is 15.2. The van der Waals surface area contributed by atoms with Crippen molar-refractivity contribution in [3.63, 3.8) is 0 Å². The highest BCUT2D eigenvalue weighted by Gasteiger charge is 2.08. The van der Waals surface area contributed by atoms with Crippen molar-refractivity contribution in [3.8, 4) is 0 Å². The van der Waals surface area contributed by atoms with Crippen LogP contribution >= 0.6 is 11.6 Å². The Kier molecular flexibility index (Phi) is 3.47. The van der Waals surface area contributed by atoms with Gasteiger partial charge >= 0.3 is 0 Å². The minimum absolute atomic E-state index is 0.267. The molecular formula is C11H11ClN4O2. The molecule has 0 aliphatic rings. The van der Waals surface area contributed by atoms with Crippen molar-refractivity contribution in [2.24, 2.45) is 5.73 Å². The second kappa shape index (κ2) is 5.05. The summed E-state index contributed by atoms with van der Waals surface area (Å²) in [6.45, 7) is 2.10. The van der Waals surface area contributed by atoms with Gasteiger partial charge in [0.25, 0.3) is 0 Å². The summed E-state index contributed by atoms with van der Waals surface area (Å²) >= 11 is 5.84. The smallest absolute Gasteiger partial charge is 0.250 e. The van der Waals surface area contributed by atoms with Crippen LogP contribution in [0.15, 0.2) is 22.7 Å². The first-order valence-electron chi connectivity index (χ1n) is 5.18. The Morgan fingerprint density at radius 3 is 2.94 bits per heavy atom. The van der Waals surface area contributed by atoms with Gasteiger partial charge in [-0.25, -0.2) is 0 Å². The van der Waals surface area contributed by atoms with Gasteiger partial charge in [0.05, 0.1) is 17.1 Å². The molecule has 2 aromatic rings. The highest BCUT2D eigenvalue weighted by molar-refractivity contribution is 6.33. The maximum Gasteiger partial charge on any atom is 0.250 e. The number of nitrogens with one attached hydrogen (secondary N) is 1. The lowest BCUT2D eigenvalue weighted by Crippen LogP contribution is -2.12. The fourth-order valence-corrected chi connectivity index (χ4v) is 1.62. The normalized spacial score (nSPS) is 10.3. The molecule has 1 heterocycles. The molecule has 18 heavy (non-hydrogen) atoms. The molecule has 6 nitrogen and oxygen atoms in total. The van der Waals surface area contributed by atoms with Crippen molar-refractivity contribution in [3.05, 3.63) is 40.5 Å². The Bertz CT molecular complexity index is 582. The van der Waals surface area contributed by atoms with E-state index in [1.54, 1.807) is 25.1 Å². The average molecular weight is 267 g/mol. The molecule has 0 atom stereocenters. The predicted molar refractivity (Wildman–Crippen MR) is 66.3 cm³/mol. The third-order valence-electron chi connectivity index (χ3n) is 2.25. The van der Waals surface area contributed by atoms with Crippen molar-refractivity contribution in [2.75, 3.05) is 5.32 Å². The van der Waals surface area contributed by atoms with Crippen LogP contribution in [0.3, 0.4) is 0 Å². The van der Waals surface area contributed by atoms with E-state index in [0.717, 1.165) is 0 Å². The topological polar surface area (TPSA) is 94.0 Å². The zero-order valence-electron chi connectivity index (χ0n) is 9.61. The van der Waals surface area contributed by atoms with E-state index in [9.17, 15) is 4.79 Å². The molecule has 0 saturated carbocycles. The molecule has 1 amide bonds. The van der Waals surface area contributed by atoms with Crippen LogP contribution in [0.25, 0.3) is 0 Å². The molecule has 0 unspecified atom stereocenters. The van der Waals surface area contributed by atoms with Crippen LogP contribution in [-0.4, -0.2) is 16.0 Å². The summed E-state index contributed by atoms with van der Waals surface area (Å²) in [7, 11) is 0. The van der Waals surface area contributed by atoms with Gasteiger partial charge in [-0.3, -0.25) is 4.79 Å². The predicted octanol–water partition coefficient (Wildman–Crippen LogP) is 1.74. The number of carbonyl (C=O) groups is 1. The van der Waals surface area contributed by atoms with Crippen molar-refractivity contribution < 1.29 is 9.32 Å². The van der Waals surface area contributed by atoms with Crippen LogP contribution < -0.4 is 11.1 Å². The largest absolute Gasteiger partial charge is 0.376 e. The van der Waals surface area contributed by atoms with Crippen molar-refractivity contribution in [1.82, 2.24) is 10.1 Å². The third kappa shape index (κ3) is 2.78. The second-order valence-corrected chi connectivity index (χ2v) is 4.05. The van der Waals surface area contributed by atoms with Crippen molar-refractivity contribution in [1.29, 1.82) is 0 Å². The quantitative estimate of drug-likeness (QED) is 0.879. The molecule has 7 heteroatoms. The molecule has 0 fully saturated rings. The first kappa shape index (κ1) is 12.4. The summed E-state index contributed by atoms with van der Waals surface area (Å²) in [5.41, 5.74) is 6.17. The lowest BCUT2D eigenvalue weighted by atomic mass is 10.2. The fourth-order valence-electron chi connectivity index (χ4n) is 1.41. The first-order chi connectivity index (χ1) is 8.56. The summed E-state index contributed by atoms with van der Waals surface area (Å²) in [5.74, 6) is 0.459. The monoisotopic (exact) mass is 266 g/mol. The van der Waals surface area contributed by atoms with Crippen LogP contribution in [0, 0.1) is 6.92 Å². The summed E-state index contributed by atoms with van der Waals surface area (Å²) in [6.07, 6.45) is 0. The number of rotatable bonds is 4. The number of benzene rings is 1. The third-order valence-corrected chi connectivity index (χ3v) is 2.57. The number of aromatic nitrogens is 2. The van der Waals surface area contributed by atoms with Gasteiger partial charge in [0, 0.05) is 5.69 Å². The standard InChI is InChI=1S/C11H11ClN4O2/c1-6-15-10(18-16-6)5-14-7-2-3-9(12)8(4-7)11(13)17/h2-4,14H,5H2,1H3,(H2,13,17). The maximum atomic E-state index is 11.1. The minimum Gasteiger partial charge on any atom is -0.376 e. The zero-order valence-corrected chi connectivity index (χ0v) is 10.4. The van der Waals surface area contributed by atoms with Gasteiger partial charge in [-0.1, -0.05) is 16.8 Å². The lowest BCUT2D eigenvalue weighted by molar-refractivity contribution is 0.100. The average Bonchev–Trinajstić information content (AvgIpc) is 2.74. The summed E-state index contributed by atoms with van der Waals surface area (Å²) in [5, 5.41) is 7.02. The summed E-state index contributed by atoms with van der Waals surface area (Å²) in [6, 6.07) is 4.91. The number of anilines is 1. The van der Waals surface area contributed by atoms with Crippen LogP contribution in [-0.2, 0) is 6.54 Å². The molecule has 94 valence electrons. The van der Waals surface area contributed by atoms with Gasteiger partial charge in [-0.05, 0) is 25.1 Å². The van der Waals surface area contributed by atoms with E-state index in [1.165, 1.54) is 0 Å². The highest BCUT2D eigenvalue weighted by Crippen LogP contribution is 2.20. The van der Waals surface area contributed by atoms with E-state index in [4.69, 9.17) is 21.9 Å². The van der Waals surface area contributed by atoms with E-state index in [1.807, 2.05) is 0 Å². The number of aryl methyl sites for hydroxylation is 1. The Morgan fingerprint density at radius 1 is 1.56 bits per heavy atom. The molecule has 0 saturated heterocycles. The number of halogens is 1. The van der Waals surface area contributed by atoms with Gasteiger partial charge in [-0.2, -0.15) is 4.98 Å². The van der Waals surface area contributed by atoms with Crippen LogP contribution in [0.2, 0.25) is 5.02 Å². The number of hydrogen-bond acceptors (Lipinski definition) is 5. The van der Waals surface area contributed by atoms with Crippen LogP contribution in [0.1, 0.15) is 22.1 Å². The van der Waals surface area contributed by atoms with Crippen molar-refractivity contribution in [2.45, 2.75) is 13.5 Å². The van der Waals surface area contributed by atoms with Crippen LogP contribution in [0.4, 0.5) is 5.69 Å². The van der Waals surface area contributed by atoms with E-state index in [0.29, 0.717) is 29.0 Å². The van der Waals surface area contributed by atoms with Gasteiger partial charge in [0.2, 0.25) is 11.8 Å². The van der Waals surface area contributed by atoms with E-state index >= 15 is 0 Å². The molecule has 1 aromatic heterocycles. The SMILES string of the molecule is Cc1noc(CNc2ccc(Cl)c(C(N)=O)c2)n1. The van der Waals surface area contributed by atoms with Gasteiger partial charge < -0.3 is 15.6 Å².